The van der Waals surface area contributed by atoms with Crippen LogP contribution in [0, 0.1) is 0 Å². The molecule has 5 aromatic rings. The summed E-state index contributed by atoms with van der Waals surface area (Å²) >= 11 is 6.98. The minimum Gasteiger partial charge on any atom is -0.467 e. The molecule has 0 bridgehead atoms. The quantitative estimate of drug-likeness (QED) is 0.177. The number of hydrogen-bond donors (Lipinski definition) is 1. The minimum atomic E-state index is -1.20. The maximum Gasteiger partial charge on any atom is 0.332 e. The molecule has 0 amide bonds. The molecular formula is C33H36ClN7O2. The smallest absolute Gasteiger partial charge is 0.332 e. The third-order valence-electron chi connectivity index (χ3n) is 7.86. The lowest BCUT2D eigenvalue weighted by molar-refractivity contribution is -0.155. The molecule has 0 unspecified atom stereocenters. The van der Waals surface area contributed by atoms with E-state index in [0.717, 1.165) is 52.9 Å². The van der Waals surface area contributed by atoms with E-state index in [0.29, 0.717) is 29.6 Å². The highest BCUT2D eigenvalue weighted by atomic mass is 35.5. The number of likely N-dealkylation sites (N-methyl/N-ethyl adjacent to an activating group) is 1. The van der Waals surface area contributed by atoms with Gasteiger partial charge in [-0.05, 0) is 48.0 Å². The van der Waals surface area contributed by atoms with E-state index in [2.05, 4.69) is 56.4 Å². The second kappa shape index (κ2) is 13.3. The first-order valence-corrected chi connectivity index (χ1v) is 14.7. The normalized spacial score (nSPS) is 12.8. The molecule has 43 heavy (non-hydrogen) atoms. The van der Waals surface area contributed by atoms with Crippen LogP contribution in [0.2, 0.25) is 5.15 Å². The number of nitrogens with zero attached hydrogens (tertiary/aromatic N) is 6. The van der Waals surface area contributed by atoms with E-state index < -0.39 is 5.54 Å². The Balaban J connectivity index is 1.59. The van der Waals surface area contributed by atoms with Gasteiger partial charge in [-0.25, -0.2) is 9.78 Å². The van der Waals surface area contributed by atoms with Gasteiger partial charge in [0.15, 0.2) is 10.7 Å². The molecular weight excluding hydrogens is 562 g/mol. The van der Waals surface area contributed by atoms with Crippen molar-refractivity contribution >= 4 is 17.6 Å². The van der Waals surface area contributed by atoms with Crippen LogP contribution >= 0.6 is 11.6 Å². The highest BCUT2D eigenvalue weighted by Crippen LogP contribution is 2.38. The van der Waals surface area contributed by atoms with Gasteiger partial charge in [0.05, 0.1) is 12.8 Å². The molecule has 1 atom stereocenters. The zero-order valence-electron chi connectivity index (χ0n) is 24.9. The molecule has 222 valence electrons. The van der Waals surface area contributed by atoms with Gasteiger partial charge in [0, 0.05) is 24.9 Å². The average Bonchev–Trinajstić information content (AvgIpc) is 3.67. The fraction of sp³-hybridized carbons (Fsp3) is 0.303. The van der Waals surface area contributed by atoms with Gasteiger partial charge in [-0.1, -0.05) is 104 Å². The molecule has 2 aromatic heterocycles. The zero-order chi connectivity index (χ0) is 30.4. The standard InChI is InChI=1S/C33H36ClN7O2/c1-5-6-16-28-35-30(34)29(33(40(2)3,32(42)43-4)21-23-12-8-7-9-13-23)41(28)22-24-17-19-25(20-18-24)26-14-10-11-15-27(26)31-36-38-39-37-31/h7-15,17-20H,5-6,16,21-22H2,1-4H3,(H,36,37,38,39)/t33-/m1/s1. The van der Waals surface area contributed by atoms with Crippen LogP contribution in [0.1, 0.15) is 42.4 Å². The van der Waals surface area contributed by atoms with Crippen LogP contribution in [0.3, 0.4) is 0 Å². The Kier molecular flexibility index (Phi) is 9.33. The van der Waals surface area contributed by atoms with Gasteiger partial charge >= 0.3 is 5.97 Å². The number of H-pyrrole nitrogens is 1. The number of benzene rings is 3. The Morgan fingerprint density at radius 2 is 1.67 bits per heavy atom. The first-order chi connectivity index (χ1) is 20.9. The maximum atomic E-state index is 13.8. The average molecular weight is 598 g/mol. The fourth-order valence-corrected chi connectivity index (χ4v) is 5.96. The van der Waals surface area contributed by atoms with E-state index in [4.69, 9.17) is 21.3 Å². The topological polar surface area (TPSA) is 102 Å². The lowest BCUT2D eigenvalue weighted by atomic mass is 9.86. The van der Waals surface area contributed by atoms with Crippen molar-refractivity contribution in [3.8, 4) is 22.5 Å². The Labute approximate surface area is 256 Å². The Morgan fingerprint density at radius 3 is 2.30 bits per heavy atom. The number of imidazole rings is 1. The number of ether oxygens (including phenoxy) is 1. The van der Waals surface area contributed by atoms with Crippen LogP contribution in [0.5, 0.6) is 0 Å². The third kappa shape index (κ3) is 6.09. The van der Waals surface area contributed by atoms with Crippen molar-refractivity contribution < 1.29 is 9.53 Å². The molecule has 0 spiro atoms. The van der Waals surface area contributed by atoms with Crippen molar-refractivity contribution in [1.82, 2.24) is 35.1 Å². The van der Waals surface area contributed by atoms with Crippen LogP contribution in [0.4, 0.5) is 0 Å². The number of hydrogen-bond acceptors (Lipinski definition) is 7. The number of carbonyl (C=O) groups excluding carboxylic acids is 1. The van der Waals surface area contributed by atoms with E-state index in [1.807, 2.05) is 73.6 Å². The van der Waals surface area contributed by atoms with Crippen LogP contribution < -0.4 is 0 Å². The van der Waals surface area contributed by atoms with E-state index >= 15 is 0 Å². The number of carbonyl (C=O) groups is 1. The summed E-state index contributed by atoms with van der Waals surface area (Å²) in [4.78, 5) is 20.5. The number of esters is 1. The van der Waals surface area contributed by atoms with Gasteiger partial charge in [-0.3, -0.25) is 4.90 Å². The molecule has 0 aliphatic rings. The fourth-order valence-electron chi connectivity index (χ4n) is 5.60. The summed E-state index contributed by atoms with van der Waals surface area (Å²) in [5.74, 6) is 0.996. The number of aryl methyl sites for hydroxylation is 1. The lowest BCUT2D eigenvalue weighted by Crippen LogP contribution is -2.52. The summed E-state index contributed by atoms with van der Waals surface area (Å²) in [6.45, 7) is 2.64. The summed E-state index contributed by atoms with van der Waals surface area (Å²) in [6.07, 6.45) is 3.07. The van der Waals surface area contributed by atoms with E-state index in [9.17, 15) is 4.79 Å². The van der Waals surface area contributed by atoms with Crippen LogP contribution in [-0.4, -0.2) is 62.2 Å². The molecule has 1 N–H and O–H groups in total. The predicted octanol–water partition coefficient (Wildman–Crippen LogP) is 5.95. The number of unbranched alkanes of at least 4 members (excludes halogenated alkanes) is 1. The van der Waals surface area contributed by atoms with Gasteiger partial charge in [-0.15, -0.1) is 10.2 Å². The molecule has 0 fully saturated rings. The molecule has 9 nitrogen and oxygen atoms in total. The molecule has 0 radical (unpaired) electrons. The zero-order valence-corrected chi connectivity index (χ0v) is 25.7. The van der Waals surface area contributed by atoms with Crippen LogP contribution in [0.15, 0.2) is 78.9 Å². The molecule has 0 saturated carbocycles. The third-order valence-corrected chi connectivity index (χ3v) is 8.12. The van der Waals surface area contributed by atoms with Gasteiger partial charge in [0.2, 0.25) is 5.82 Å². The number of aromatic nitrogens is 6. The second-order valence-electron chi connectivity index (χ2n) is 10.7. The summed E-state index contributed by atoms with van der Waals surface area (Å²) in [7, 11) is 5.19. The molecule has 5 rings (SSSR count). The van der Waals surface area contributed by atoms with E-state index in [1.54, 1.807) is 0 Å². The monoisotopic (exact) mass is 597 g/mol. The number of nitrogens with one attached hydrogen (secondary N) is 1. The van der Waals surface area contributed by atoms with Crippen molar-refractivity contribution in [1.29, 1.82) is 0 Å². The summed E-state index contributed by atoms with van der Waals surface area (Å²) in [5, 5.41) is 14.9. The maximum absolute atomic E-state index is 13.8. The number of tetrazole rings is 1. The Hall–Kier alpha value is -4.34. The molecule has 2 heterocycles. The number of halogens is 1. The SMILES string of the molecule is CCCCc1nc(Cl)c([C@](Cc2ccccc2)(C(=O)OC)N(C)C)n1Cc1ccc(-c2ccccc2-c2nn[nH]n2)cc1. The number of aromatic amines is 1. The highest BCUT2D eigenvalue weighted by molar-refractivity contribution is 6.30. The Bertz CT molecular complexity index is 1650. The molecule has 0 aliphatic carbocycles. The van der Waals surface area contributed by atoms with Crippen LogP contribution in [-0.2, 0) is 34.5 Å². The second-order valence-corrected chi connectivity index (χ2v) is 11.1. The van der Waals surface area contributed by atoms with Crippen molar-refractivity contribution in [3.63, 3.8) is 0 Å². The summed E-state index contributed by atoms with van der Waals surface area (Å²) in [6, 6.07) is 26.3. The molecule has 0 saturated heterocycles. The lowest BCUT2D eigenvalue weighted by Gasteiger charge is -2.38. The van der Waals surface area contributed by atoms with Gasteiger partial charge < -0.3 is 9.30 Å². The van der Waals surface area contributed by atoms with Crippen molar-refractivity contribution in [3.05, 3.63) is 107 Å². The van der Waals surface area contributed by atoms with Crippen molar-refractivity contribution in [2.75, 3.05) is 21.2 Å². The minimum absolute atomic E-state index is 0.312. The first-order valence-electron chi connectivity index (χ1n) is 14.4. The molecule has 3 aromatic carbocycles. The molecule has 10 heteroatoms. The summed E-state index contributed by atoms with van der Waals surface area (Å²) in [5.41, 5.74) is 4.40. The van der Waals surface area contributed by atoms with Crippen molar-refractivity contribution in [2.45, 2.75) is 44.7 Å². The van der Waals surface area contributed by atoms with Crippen molar-refractivity contribution in [2.24, 2.45) is 0 Å². The van der Waals surface area contributed by atoms with E-state index in [-0.39, 0.29) is 5.97 Å². The van der Waals surface area contributed by atoms with Gasteiger partial charge in [-0.2, -0.15) is 5.21 Å². The predicted molar refractivity (Wildman–Crippen MR) is 168 cm³/mol. The van der Waals surface area contributed by atoms with E-state index in [1.165, 1.54) is 7.11 Å². The first kappa shape index (κ1) is 30.1. The summed E-state index contributed by atoms with van der Waals surface area (Å²) < 4.78 is 7.57. The van der Waals surface area contributed by atoms with Gasteiger partial charge in [0.1, 0.15) is 5.82 Å². The number of methoxy groups -OCH3 is 1. The highest BCUT2D eigenvalue weighted by Gasteiger charge is 2.49. The van der Waals surface area contributed by atoms with Gasteiger partial charge in [0.25, 0.3) is 0 Å². The van der Waals surface area contributed by atoms with Crippen LogP contribution in [0.25, 0.3) is 22.5 Å². The largest absolute Gasteiger partial charge is 0.467 e. The Morgan fingerprint density at radius 1 is 0.977 bits per heavy atom. The molecule has 0 aliphatic heterocycles. The number of rotatable bonds is 12.